The number of hydrogen-bond acceptors (Lipinski definition) is 11. The Hall–Kier alpha value is -4.35. The molecule has 3 heterocycles. The summed E-state index contributed by atoms with van der Waals surface area (Å²) < 4.78 is 22.5. The number of esters is 1. The Morgan fingerprint density at radius 2 is 1.34 bits per heavy atom. The van der Waals surface area contributed by atoms with Gasteiger partial charge >= 0.3 is 17.2 Å². The highest BCUT2D eigenvalue weighted by Crippen LogP contribution is 2.34. The minimum absolute atomic E-state index is 0.00644. The van der Waals surface area contributed by atoms with Gasteiger partial charge in [-0.05, 0) is 74.2 Å². The van der Waals surface area contributed by atoms with E-state index >= 15 is 0 Å². The summed E-state index contributed by atoms with van der Waals surface area (Å²) in [5.74, 6) is 0.315. The molecule has 0 aliphatic rings. The number of benzene rings is 2. The summed E-state index contributed by atoms with van der Waals surface area (Å²) in [4.78, 5) is 48.7. The molecule has 0 spiro atoms. The van der Waals surface area contributed by atoms with Gasteiger partial charge in [0.25, 0.3) is 0 Å². The van der Waals surface area contributed by atoms with E-state index in [4.69, 9.17) is 18.3 Å². The smallest absolute Gasteiger partial charge is 0.347 e. The fourth-order valence-electron chi connectivity index (χ4n) is 5.41. The molecule has 47 heavy (non-hydrogen) atoms. The van der Waals surface area contributed by atoms with Crippen molar-refractivity contribution in [2.75, 3.05) is 0 Å². The molecule has 5 aromatic rings. The standard InChI is InChI=1S/C36H40N2O8S/c1-5-9-11-21(7-3)33(39)43-23-13-15-27-25(19-23)35(41)45-31(37-27)29-17-18-30(47-29)32-38-28-16-14-24(20-26(28)36(42)46-32)44-34(40)22(8-4)12-10-6-2/h13-22,33,39H,5-12H2,1-4H3. The molecule has 0 aliphatic heterocycles. The van der Waals surface area contributed by atoms with Gasteiger partial charge in [-0.3, -0.25) is 4.79 Å². The number of aromatic nitrogens is 2. The maximum Gasteiger partial charge on any atom is 0.347 e. The van der Waals surface area contributed by atoms with Crippen LogP contribution in [-0.2, 0) is 4.79 Å². The number of aliphatic hydroxyl groups is 1. The van der Waals surface area contributed by atoms with Gasteiger partial charge in [-0.1, -0.05) is 53.4 Å². The summed E-state index contributed by atoms with van der Waals surface area (Å²) in [7, 11) is 0. The molecule has 248 valence electrons. The number of aliphatic hydroxyl groups excluding tert-OH is 1. The topological polar surface area (TPSA) is 142 Å². The van der Waals surface area contributed by atoms with Crippen LogP contribution < -0.4 is 20.7 Å². The lowest BCUT2D eigenvalue weighted by Gasteiger charge is -2.22. The van der Waals surface area contributed by atoms with Crippen LogP contribution in [0.1, 0.15) is 79.1 Å². The van der Waals surface area contributed by atoms with Gasteiger partial charge in [0, 0.05) is 5.92 Å². The van der Waals surface area contributed by atoms with E-state index in [0.717, 1.165) is 44.9 Å². The van der Waals surface area contributed by atoms with Crippen LogP contribution in [0.5, 0.6) is 11.5 Å². The van der Waals surface area contributed by atoms with E-state index in [1.807, 2.05) is 13.8 Å². The van der Waals surface area contributed by atoms with Crippen molar-refractivity contribution in [3.8, 4) is 33.0 Å². The van der Waals surface area contributed by atoms with Gasteiger partial charge in [0.2, 0.25) is 11.8 Å². The van der Waals surface area contributed by atoms with E-state index in [1.54, 1.807) is 36.4 Å². The minimum atomic E-state index is -0.981. The monoisotopic (exact) mass is 660 g/mol. The van der Waals surface area contributed by atoms with Crippen LogP contribution in [0.15, 0.2) is 67.0 Å². The summed E-state index contributed by atoms with van der Waals surface area (Å²) in [6.07, 6.45) is 6.06. The van der Waals surface area contributed by atoms with Crippen LogP contribution >= 0.6 is 11.3 Å². The Bertz CT molecular complexity index is 1960. The van der Waals surface area contributed by atoms with E-state index < -0.39 is 17.5 Å². The van der Waals surface area contributed by atoms with Crippen LogP contribution in [0.2, 0.25) is 0 Å². The van der Waals surface area contributed by atoms with Crippen molar-refractivity contribution in [3.63, 3.8) is 0 Å². The molecule has 5 rings (SSSR count). The van der Waals surface area contributed by atoms with Gasteiger partial charge in [0.15, 0.2) is 6.29 Å². The summed E-state index contributed by atoms with van der Waals surface area (Å²) >= 11 is 1.20. The molecular formula is C36H40N2O8S. The second-order valence-electron chi connectivity index (χ2n) is 11.6. The second kappa shape index (κ2) is 15.5. The van der Waals surface area contributed by atoms with Crippen LogP contribution in [-0.4, -0.2) is 27.3 Å². The highest BCUT2D eigenvalue weighted by molar-refractivity contribution is 7.18. The number of carbonyl (C=O) groups excluding carboxylic acids is 1. The molecule has 0 saturated carbocycles. The first-order valence-corrected chi connectivity index (χ1v) is 17.1. The molecule has 0 fully saturated rings. The highest BCUT2D eigenvalue weighted by Gasteiger charge is 2.21. The van der Waals surface area contributed by atoms with Gasteiger partial charge in [-0.2, -0.15) is 0 Å². The van der Waals surface area contributed by atoms with Gasteiger partial charge in [-0.25, -0.2) is 19.6 Å². The zero-order chi connectivity index (χ0) is 33.5. The van der Waals surface area contributed by atoms with Crippen molar-refractivity contribution in [1.82, 2.24) is 9.97 Å². The number of carbonyl (C=O) groups is 1. The van der Waals surface area contributed by atoms with Crippen molar-refractivity contribution in [2.45, 2.75) is 85.4 Å². The molecule has 2 aromatic carbocycles. The number of ether oxygens (including phenoxy) is 2. The van der Waals surface area contributed by atoms with Crippen LogP contribution in [0.25, 0.3) is 43.3 Å². The average Bonchev–Trinajstić information content (AvgIpc) is 3.56. The normalized spacial score (nSPS) is 13.5. The lowest BCUT2D eigenvalue weighted by molar-refractivity contribution is -0.139. The van der Waals surface area contributed by atoms with Crippen molar-refractivity contribution in [2.24, 2.45) is 11.8 Å². The fraction of sp³-hybridized carbons (Fsp3) is 0.417. The molecule has 0 saturated heterocycles. The Balaban J connectivity index is 1.34. The number of nitrogens with zero attached hydrogens (tertiary/aromatic N) is 2. The lowest BCUT2D eigenvalue weighted by Crippen LogP contribution is -2.26. The quantitative estimate of drug-likeness (QED) is 0.0664. The second-order valence-corrected chi connectivity index (χ2v) is 12.7. The Morgan fingerprint density at radius 1 is 0.787 bits per heavy atom. The largest absolute Gasteiger partial charge is 0.465 e. The third-order valence-electron chi connectivity index (χ3n) is 8.29. The van der Waals surface area contributed by atoms with Gasteiger partial charge in [0.05, 0.1) is 37.5 Å². The van der Waals surface area contributed by atoms with Gasteiger partial charge in [0.1, 0.15) is 11.5 Å². The summed E-state index contributed by atoms with van der Waals surface area (Å²) in [6, 6.07) is 13.0. The highest BCUT2D eigenvalue weighted by atomic mass is 32.1. The van der Waals surface area contributed by atoms with Gasteiger partial charge < -0.3 is 23.4 Å². The first-order valence-electron chi connectivity index (χ1n) is 16.3. The number of unbranched alkanes of at least 4 members (excludes halogenated alkanes) is 2. The molecule has 1 N–H and O–H groups in total. The predicted octanol–water partition coefficient (Wildman–Crippen LogP) is 8.12. The lowest BCUT2D eigenvalue weighted by atomic mass is 9.99. The van der Waals surface area contributed by atoms with Crippen molar-refractivity contribution in [3.05, 3.63) is 69.4 Å². The average molecular weight is 661 g/mol. The number of rotatable bonds is 15. The van der Waals surface area contributed by atoms with E-state index in [1.165, 1.54) is 23.5 Å². The molecule has 0 amide bonds. The van der Waals surface area contributed by atoms with E-state index in [-0.39, 0.29) is 46.1 Å². The van der Waals surface area contributed by atoms with Crippen molar-refractivity contribution in [1.29, 1.82) is 0 Å². The zero-order valence-corrected chi connectivity index (χ0v) is 27.9. The molecule has 3 aromatic heterocycles. The Kier molecular flexibility index (Phi) is 11.2. The van der Waals surface area contributed by atoms with E-state index in [0.29, 0.717) is 33.0 Å². The maximum atomic E-state index is 13.0. The molecule has 0 radical (unpaired) electrons. The number of fused-ring (bicyclic) bond motifs is 2. The summed E-state index contributed by atoms with van der Waals surface area (Å²) in [5, 5.41) is 11.0. The first kappa shape index (κ1) is 34.0. The molecule has 3 unspecified atom stereocenters. The van der Waals surface area contributed by atoms with E-state index in [9.17, 15) is 19.5 Å². The van der Waals surface area contributed by atoms with Crippen molar-refractivity contribution >= 4 is 39.1 Å². The SMILES string of the molecule is CCCCC(CC)C(=O)Oc1ccc2nc(-c3ccc(-c4nc5ccc(OC(O)C(CC)CCCC)cc5c(=O)o4)s3)oc(=O)c2c1. The predicted molar refractivity (Wildman–Crippen MR) is 182 cm³/mol. The minimum Gasteiger partial charge on any atom is -0.465 e. The Labute approximate surface area is 276 Å². The molecule has 0 bridgehead atoms. The van der Waals surface area contributed by atoms with Crippen LogP contribution in [0.4, 0.5) is 0 Å². The number of thiophene rings is 1. The third kappa shape index (κ3) is 7.97. The Morgan fingerprint density at radius 3 is 1.89 bits per heavy atom. The maximum absolute atomic E-state index is 13.0. The van der Waals surface area contributed by atoms with Gasteiger partial charge in [-0.15, -0.1) is 11.3 Å². The summed E-state index contributed by atoms with van der Waals surface area (Å²) in [6.45, 7) is 8.15. The van der Waals surface area contributed by atoms with Crippen molar-refractivity contribution < 1.29 is 28.2 Å². The van der Waals surface area contributed by atoms with Crippen LogP contribution in [0.3, 0.4) is 0 Å². The molecular weight excluding hydrogens is 620 g/mol. The van der Waals surface area contributed by atoms with Crippen LogP contribution in [0, 0.1) is 11.8 Å². The number of hydrogen-bond donors (Lipinski definition) is 1. The molecule has 10 nitrogen and oxygen atoms in total. The van der Waals surface area contributed by atoms with E-state index in [2.05, 4.69) is 23.8 Å². The third-order valence-corrected chi connectivity index (χ3v) is 9.35. The molecule has 11 heteroatoms. The first-order chi connectivity index (χ1) is 22.7. The molecule has 3 atom stereocenters. The zero-order valence-electron chi connectivity index (χ0n) is 27.1. The molecule has 0 aliphatic carbocycles. The fourth-order valence-corrected chi connectivity index (χ4v) is 6.26. The summed E-state index contributed by atoms with van der Waals surface area (Å²) in [5.41, 5.74) is -0.419.